The van der Waals surface area contributed by atoms with Gasteiger partial charge in [-0.25, -0.2) is 4.79 Å². The summed E-state index contributed by atoms with van der Waals surface area (Å²) in [6, 6.07) is 6.73. The van der Waals surface area contributed by atoms with E-state index < -0.39 is 11.7 Å². The number of hydrogen-bond donors (Lipinski definition) is 2. The number of carbonyl (C=O) groups excluding carboxylic acids is 2. The molecule has 0 aliphatic heterocycles. The highest BCUT2D eigenvalue weighted by Gasteiger charge is 2.08. The lowest BCUT2D eigenvalue weighted by Gasteiger charge is -2.07. The summed E-state index contributed by atoms with van der Waals surface area (Å²) in [5.41, 5.74) is -0.411. The van der Waals surface area contributed by atoms with Gasteiger partial charge < -0.3 is 20.2 Å². The fraction of sp³-hybridized carbons (Fsp3) is 0.375. The minimum Gasteiger partial charge on any atom is -0.550 e. The Morgan fingerprint density at radius 3 is 2.62 bits per heavy atom. The van der Waals surface area contributed by atoms with Gasteiger partial charge in [-0.1, -0.05) is 12.1 Å². The average Bonchev–Trinajstić information content (AvgIpc) is 2.54. The largest absolute Gasteiger partial charge is 0.550 e. The van der Waals surface area contributed by atoms with E-state index in [1.807, 2.05) is 0 Å². The molecule has 2 N–H and O–H groups in total. The molecule has 1 aromatic heterocycles. The zero-order valence-electron chi connectivity index (χ0n) is 13.0. The number of aromatic amines is 1. The molecule has 128 valence electrons. The summed E-state index contributed by atoms with van der Waals surface area (Å²) in [4.78, 5) is 48.7. The van der Waals surface area contributed by atoms with E-state index in [9.17, 15) is 24.3 Å². The van der Waals surface area contributed by atoms with E-state index >= 15 is 0 Å². The van der Waals surface area contributed by atoms with Gasteiger partial charge in [0.05, 0.1) is 10.9 Å². The van der Waals surface area contributed by atoms with Gasteiger partial charge in [0.15, 0.2) is 0 Å². The number of amides is 1. The molecule has 0 bridgehead atoms. The molecule has 8 nitrogen and oxygen atoms in total. The number of carboxylic acids is 1. The molecular formula is C16H18N3O5-. The van der Waals surface area contributed by atoms with E-state index in [2.05, 4.69) is 10.3 Å². The van der Waals surface area contributed by atoms with Gasteiger partial charge in [-0.3, -0.25) is 14.2 Å². The zero-order valence-corrected chi connectivity index (χ0v) is 13.0. The van der Waals surface area contributed by atoms with Crippen LogP contribution < -0.4 is 21.7 Å². The molecule has 0 saturated heterocycles. The molecule has 0 aliphatic carbocycles. The summed E-state index contributed by atoms with van der Waals surface area (Å²) in [5, 5.41) is 13.2. The summed E-state index contributed by atoms with van der Waals surface area (Å²) in [6.45, 7) is 0.384. The Hall–Kier alpha value is -2.90. The smallest absolute Gasteiger partial charge is 0.328 e. The highest BCUT2D eigenvalue weighted by Crippen LogP contribution is 2.03. The maximum absolute atomic E-state index is 12.3. The monoisotopic (exact) mass is 332 g/mol. The molecule has 24 heavy (non-hydrogen) atoms. The third kappa shape index (κ3) is 4.55. The molecule has 2 aromatic rings. The molecule has 8 heteroatoms. The van der Waals surface area contributed by atoms with E-state index in [0.29, 0.717) is 23.7 Å². The van der Waals surface area contributed by atoms with Crippen molar-refractivity contribution in [3.8, 4) is 0 Å². The van der Waals surface area contributed by atoms with Crippen LogP contribution in [0, 0.1) is 0 Å². The van der Waals surface area contributed by atoms with Gasteiger partial charge >= 0.3 is 5.69 Å². The Kier molecular flexibility index (Phi) is 5.89. The summed E-state index contributed by atoms with van der Waals surface area (Å²) in [7, 11) is 0. The second-order valence-corrected chi connectivity index (χ2v) is 5.36. The number of fused-ring (bicyclic) bond motifs is 1. The van der Waals surface area contributed by atoms with Gasteiger partial charge in [0, 0.05) is 25.5 Å². The van der Waals surface area contributed by atoms with Crippen LogP contribution in [0.2, 0.25) is 0 Å². The Bertz CT molecular complexity index is 853. The van der Waals surface area contributed by atoms with E-state index in [1.54, 1.807) is 24.3 Å². The van der Waals surface area contributed by atoms with Crippen molar-refractivity contribution in [2.75, 3.05) is 6.54 Å². The fourth-order valence-electron chi connectivity index (χ4n) is 2.35. The fourth-order valence-corrected chi connectivity index (χ4v) is 2.35. The number of aliphatic carboxylic acids is 1. The van der Waals surface area contributed by atoms with Gasteiger partial charge in [0.1, 0.15) is 0 Å². The van der Waals surface area contributed by atoms with Crippen LogP contribution in [0.4, 0.5) is 0 Å². The second-order valence-electron chi connectivity index (χ2n) is 5.36. The van der Waals surface area contributed by atoms with Crippen molar-refractivity contribution >= 4 is 22.8 Å². The number of aromatic nitrogens is 2. The molecule has 1 amide bonds. The SMILES string of the molecule is O=C([O-])CCCNC(=O)CCCn1c(=O)[nH]c2ccccc2c1=O. The van der Waals surface area contributed by atoms with E-state index in [-0.39, 0.29) is 37.4 Å². The maximum atomic E-state index is 12.3. The first-order valence-electron chi connectivity index (χ1n) is 7.67. The Morgan fingerprint density at radius 2 is 1.88 bits per heavy atom. The lowest BCUT2D eigenvalue weighted by Crippen LogP contribution is -2.35. The highest BCUT2D eigenvalue weighted by molar-refractivity contribution is 5.77. The summed E-state index contributed by atoms with van der Waals surface area (Å²) in [5.74, 6) is -1.40. The number of carbonyl (C=O) groups is 2. The van der Waals surface area contributed by atoms with Gasteiger partial charge in [-0.15, -0.1) is 0 Å². The van der Waals surface area contributed by atoms with Crippen molar-refractivity contribution in [3.05, 3.63) is 45.1 Å². The first kappa shape index (κ1) is 17.5. The van der Waals surface area contributed by atoms with Gasteiger partial charge in [0.25, 0.3) is 5.56 Å². The Morgan fingerprint density at radius 1 is 1.12 bits per heavy atom. The molecule has 0 aliphatic rings. The third-order valence-corrected chi connectivity index (χ3v) is 3.55. The molecule has 0 saturated carbocycles. The van der Waals surface area contributed by atoms with Crippen molar-refractivity contribution in [3.63, 3.8) is 0 Å². The molecule has 0 radical (unpaired) electrons. The number of H-pyrrole nitrogens is 1. The predicted molar refractivity (Wildman–Crippen MR) is 85.3 cm³/mol. The van der Waals surface area contributed by atoms with Crippen LogP contribution in [-0.2, 0) is 16.1 Å². The van der Waals surface area contributed by atoms with E-state index in [0.717, 1.165) is 4.57 Å². The van der Waals surface area contributed by atoms with Crippen LogP contribution in [0.25, 0.3) is 10.9 Å². The van der Waals surface area contributed by atoms with E-state index in [4.69, 9.17) is 0 Å². The van der Waals surface area contributed by atoms with Crippen LogP contribution >= 0.6 is 0 Å². The first-order valence-corrected chi connectivity index (χ1v) is 7.67. The lowest BCUT2D eigenvalue weighted by atomic mass is 10.2. The maximum Gasteiger partial charge on any atom is 0.328 e. The molecule has 1 heterocycles. The average molecular weight is 332 g/mol. The minimum absolute atomic E-state index is 0.109. The van der Waals surface area contributed by atoms with Crippen LogP contribution in [0.1, 0.15) is 25.7 Å². The molecular weight excluding hydrogens is 314 g/mol. The van der Waals surface area contributed by atoms with Crippen LogP contribution in [0.3, 0.4) is 0 Å². The third-order valence-electron chi connectivity index (χ3n) is 3.55. The number of hydrogen-bond acceptors (Lipinski definition) is 5. The minimum atomic E-state index is -1.15. The zero-order chi connectivity index (χ0) is 17.5. The van der Waals surface area contributed by atoms with Crippen molar-refractivity contribution in [1.29, 1.82) is 0 Å². The number of para-hydroxylation sites is 1. The van der Waals surface area contributed by atoms with Crippen molar-refractivity contribution in [2.24, 2.45) is 0 Å². The summed E-state index contributed by atoms with van der Waals surface area (Å²) < 4.78 is 1.08. The van der Waals surface area contributed by atoms with Crippen molar-refractivity contribution in [2.45, 2.75) is 32.2 Å². The number of nitrogens with zero attached hydrogens (tertiary/aromatic N) is 1. The number of nitrogens with one attached hydrogen (secondary N) is 2. The summed E-state index contributed by atoms with van der Waals surface area (Å²) in [6.07, 6.45) is 0.664. The van der Waals surface area contributed by atoms with Gasteiger partial charge in [-0.05, 0) is 31.4 Å². The molecule has 0 fully saturated rings. The summed E-state index contributed by atoms with van der Waals surface area (Å²) >= 11 is 0. The highest BCUT2D eigenvalue weighted by atomic mass is 16.4. The van der Waals surface area contributed by atoms with Crippen molar-refractivity contribution < 1.29 is 14.7 Å². The Labute approximate surface area is 137 Å². The Balaban J connectivity index is 1.90. The van der Waals surface area contributed by atoms with Crippen LogP contribution in [0.15, 0.2) is 33.9 Å². The lowest BCUT2D eigenvalue weighted by molar-refractivity contribution is -0.305. The molecule has 2 rings (SSSR count). The predicted octanol–water partition coefficient (Wildman–Crippen LogP) is -0.884. The molecule has 0 atom stereocenters. The van der Waals surface area contributed by atoms with Crippen molar-refractivity contribution in [1.82, 2.24) is 14.9 Å². The second kappa shape index (κ2) is 8.09. The number of carboxylic acid groups (broad SMARTS) is 1. The standard InChI is InChI=1S/C16H19N3O5/c20-13(17-9-3-8-14(21)22)7-4-10-19-15(23)11-5-1-2-6-12(11)18-16(19)24/h1-2,5-6H,3-4,7-10H2,(H,17,20)(H,18,24)(H,21,22)/p-1. The molecule has 1 aromatic carbocycles. The van der Waals surface area contributed by atoms with E-state index in [1.165, 1.54) is 0 Å². The quantitative estimate of drug-likeness (QED) is 0.607. The normalized spacial score (nSPS) is 10.7. The van der Waals surface area contributed by atoms with Gasteiger partial charge in [0.2, 0.25) is 5.91 Å². The van der Waals surface area contributed by atoms with Crippen LogP contribution in [-0.4, -0.2) is 28.0 Å². The molecule has 0 unspecified atom stereocenters. The molecule has 0 spiro atoms. The topological polar surface area (TPSA) is 124 Å². The number of benzene rings is 1. The van der Waals surface area contributed by atoms with Crippen LogP contribution in [0.5, 0.6) is 0 Å². The first-order chi connectivity index (χ1) is 11.5. The van der Waals surface area contributed by atoms with Gasteiger partial charge in [-0.2, -0.15) is 0 Å². The number of rotatable bonds is 8.